The number of rotatable bonds is 51. The van der Waals surface area contributed by atoms with E-state index in [1.807, 2.05) is 54.7 Å². The van der Waals surface area contributed by atoms with Crippen LogP contribution in [0.5, 0.6) is 0 Å². The largest absolute Gasteiger partial charge is 0.462 e. The van der Waals surface area contributed by atoms with Crippen LogP contribution in [0.25, 0.3) is 0 Å². The van der Waals surface area contributed by atoms with Crippen molar-refractivity contribution >= 4 is 17.9 Å². The lowest BCUT2D eigenvalue weighted by Gasteiger charge is -2.18. The highest BCUT2D eigenvalue weighted by molar-refractivity contribution is 5.71. The number of carbonyl (C=O) groups is 3. The summed E-state index contributed by atoms with van der Waals surface area (Å²) in [5.74, 6) is -0.956. The molecule has 382 valence electrons. The van der Waals surface area contributed by atoms with Crippen LogP contribution < -0.4 is 0 Å². The molecule has 0 bridgehead atoms. The molecule has 1 atom stereocenters. The number of esters is 3. The smallest absolute Gasteiger partial charge is 0.306 e. The molecule has 6 heteroatoms. The van der Waals surface area contributed by atoms with Crippen molar-refractivity contribution in [2.75, 3.05) is 13.2 Å². The van der Waals surface area contributed by atoms with Gasteiger partial charge in [-0.15, -0.1) is 0 Å². The standard InChI is InChI=1S/C60H106O6/c1-4-7-10-13-16-19-22-25-27-29-31-32-35-38-41-44-47-50-53-59(62)65-56-57(55-64-58(61)52-49-46-43-40-37-34-24-21-18-15-12-9-6-3)66-60(63)54-51-48-45-42-39-36-33-30-28-26-23-20-17-14-11-8-5-2/h9,12,15,18,21,24,34,37,40,43,57H,4-8,10-11,13-14,16-17,19-20,22-23,25-33,35-36,38-39,41-42,44-56H2,1-3H3/b12-9+,18-15+,24-21+,37-34+,43-40+. The summed E-state index contributed by atoms with van der Waals surface area (Å²) in [6.07, 6.45) is 68.0. The van der Waals surface area contributed by atoms with Crippen LogP contribution in [0.15, 0.2) is 60.8 Å². The zero-order valence-corrected chi connectivity index (χ0v) is 43.7. The molecule has 0 aliphatic carbocycles. The van der Waals surface area contributed by atoms with Crippen LogP contribution in [0.3, 0.4) is 0 Å². The van der Waals surface area contributed by atoms with Gasteiger partial charge in [-0.2, -0.15) is 0 Å². The second kappa shape index (κ2) is 54.7. The van der Waals surface area contributed by atoms with Crippen molar-refractivity contribution in [2.45, 2.75) is 290 Å². The normalized spacial score (nSPS) is 12.5. The van der Waals surface area contributed by atoms with E-state index in [0.29, 0.717) is 19.3 Å². The van der Waals surface area contributed by atoms with Crippen molar-refractivity contribution < 1.29 is 28.6 Å². The third-order valence-electron chi connectivity index (χ3n) is 12.4. The SMILES string of the molecule is CC/C=C/C=C/C=C/C=C/C=C/CCCC(=O)OCC(COC(=O)CCCCCCCCCCCCCCCCCCCC)OC(=O)CCCCCCCCCCCCCCCCCCC. The molecule has 0 spiro atoms. The third kappa shape index (κ3) is 52.1. The fraction of sp³-hybridized carbons (Fsp3) is 0.783. The predicted octanol–water partition coefficient (Wildman–Crippen LogP) is 18.8. The first-order chi connectivity index (χ1) is 32.5. The van der Waals surface area contributed by atoms with Gasteiger partial charge in [-0.3, -0.25) is 14.4 Å². The highest BCUT2D eigenvalue weighted by atomic mass is 16.6. The average molecular weight is 924 g/mol. The molecule has 0 aromatic heterocycles. The van der Waals surface area contributed by atoms with Crippen LogP contribution in [-0.4, -0.2) is 37.2 Å². The number of unbranched alkanes of at least 4 members (excludes halogenated alkanes) is 34. The molecule has 0 fully saturated rings. The van der Waals surface area contributed by atoms with Crippen molar-refractivity contribution in [3.05, 3.63) is 60.8 Å². The van der Waals surface area contributed by atoms with Gasteiger partial charge in [0, 0.05) is 19.3 Å². The molecule has 0 aliphatic rings. The van der Waals surface area contributed by atoms with Crippen LogP contribution >= 0.6 is 0 Å². The number of allylic oxidation sites excluding steroid dienone is 10. The van der Waals surface area contributed by atoms with Crippen molar-refractivity contribution in [3.8, 4) is 0 Å². The van der Waals surface area contributed by atoms with Gasteiger partial charge in [-0.05, 0) is 32.1 Å². The fourth-order valence-electron chi connectivity index (χ4n) is 8.18. The average Bonchev–Trinajstić information content (AvgIpc) is 3.31. The summed E-state index contributed by atoms with van der Waals surface area (Å²) >= 11 is 0. The summed E-state index contributed by atoms with van der Waals surface area (Å²) in [4.78, 5) is 38.1. The first-order valence-corrected chi connectivity index (χ1v) is 28.4. The minimum Gasteiger partial charge on any atom is -0.462 e. The zero-order valence-electron chi connectivity index (χ0n) is 43.7. The molecule has 0 heterocycles. The van der Waals surface area contributed by atoms with Gasteiger partial charge in [0.15, 0.2) is 6.10 Å². The molecular formula is C60H106O6. The Bertz CT molecular complexity index is 1200. The van der Waals surface area contributed by atoms with E-state index in [-0.39, 0.29) is 37.5 Å². The number of ether oxygens (including phenoxy) is 3. The van der Waals surface area contributed by atoms with Gasteiger partial charge < -0.3 is 14.2 Å². The molecule has 1 unspecified atom stereocenters. The van der Waals surface area contributed by atoms with Gasteiger partial charge in [0.25, 0.3) is 0 Å². The molecule has 0 saturated heterocycles. The number of hydrogen-bond acceptors (Lipinski definition) is 6. The molecule has 0 radical (unpaired) electrons. The Morgan fingerprint density at radius 3 is 0.924 bits per heavy atom. The Balaban J connectivity index is 4.39. The predicted molar refractivity (Wildman–Crippen MR) is 284 cm³/mol. The first kappa shape index (κ1) is 63.1. The molecule has 6 nitrogen and oxygen atoms in total. The highest BCUT2D eigenvalue weighted by Crippen LogP contribution is 2.17. The van der Waals surface area contributed by atoms with Gasteiger partial charge in [-0.25, -0.2) is 0 Å². The van der Waals surface area contributed by atoms with Gasteiger partial charge >= 0.3 is 17.9 Å². The van der Waals surface area contributed by atoms with E-state index >= 15 is 0 Å². The van der Waals surface area contributed by atoms with E-state index in [9.17, 15) is 14.4 Å². The topological polar surface area (TPSA) is 78.9 Å². The summed E-state index contributed by atoms with van der Waals surface area (Å²) in [5.41, 5.74) is 0. The van der Waals surface area contributed by atoms with Crippen LogP contribution in [-0.2, 0) is 28.6 Å². The first-order valence-electron chi connectivity index (χ1n) is 28.4. The molecule has 0 amide bonds. The maximum Gasteiger partial charge on any atom is 0.306 e. The minimum atomic E-state index is -0.799. The van der Waals surface area contributed by atoms with Gasteiger partial charge in [0.05, 0.1) is 0 Å². The Morgan fingerprint density at radius 2 is 0.591 bits per heavy atom. The Hall–Kier alpha value is -2.89. The van der Waals surface area contributed by atoms with Crippen LogP contribution in [0.4, 0.5) is 0 Å². The maximum absolute atomic E-state index is 12.8. The van der Waals surface area contributed by atoms with Gasteiger partial charge in [-0.1, -0.05) is 293 Å². The van der Waals surface area contributed by atoms with Crippen LogP contribution in [0.2, 0.25) is 0 Å². The van der Waals surface area contributed by atoms with Crippen molar-refractivity contribution in [3.63, 3.8) is 0 Å². The maximum atomic E-state index is 12.8. The minimum absolute atomic E-state index is 0.0926. The van der Waals surface area contributed by atoms with Crippen molar-refractivity contribution in [1.82, 2.24) is 0 Å². The molecule has 0 aliphatic heterocycles. The van der Waals surface area contributed by atoms with E-state index in [0.717, 1.165) is 51.4 Å². The molecule has 66 heavy (non-hydrogen) atoms. The van der Waals surface area contributed by atoms with Crippen LogP contribution in [0, 0.1) is 0 Å². The fourth-order valence-corrected chi connectivity index (χ4v) is 8.18. The molecule has 0 rings (SSSR count). The van der Waals surface area contributed by atoms with Crippen LogP contribution in [0.1, 0.15) is 284 Å². The summed E-state index contributed by atoms with van der Waals surface area (Å²) in [5, 5.41) is 0. The van der Waals surface area contributed by atoms with Crippen molar-refractivity contribution in [2.24, 2.45) is 0 Å². The second-order valence-electron chi connectivity index (χ2n) is 19.0. The molecular weight excluding hydrogens is 817 g/mol. The highest BCUT2D eigenvalue weighted by Gasteiger charge is 2.19. The molecule has 0 saturated carbocycles. The second-order valence-corrected chi connectivity index (χ2v) is 19.0. The summed E-state index contributed by atoms with van der Waals surface area (Å²) in [6.45, 7) is 6.47. The van der Waals surface area contributed by atoms with Gasteiger partial charge in [0.1, 0.15) is 13.2 Å². The Morgan fingerprint density at radius 1 is 0.318 bits per heavy atom. The monoisotopic (exact) mass is 923 g/mol. The quantitative estimate of drug-likeness (QED) is 0.0262. The number of carbonyl (C=O) groups excluding carboxylic acids is 3. The summed E-state index contributed by atoms with van der Waals surface area (Å²) in [7, 11) is 0. The number of hydrogen-bond donors (Lipinski definition) is 0. The molecule has 0 aromatic carbocycles. The molecule has 0 N–H and O–H groups in total. The Labute approximate surface area is 409 Å². The lowest BCUT2D eigenvalue weighted by atomic mass is 10.0. The summed E-state index contributed by atoms with van der Waals surface area (Å²) in [6, 6.07) is 0. The lowest BCUT2D eigenvalue weighted by molar-refractivity contribution is -0.167. The lowest BCUT2D eigenvalue weighted by Crippen LogP contribution is -2.30. The van der Waals surface area contributed by atoms with E-state index in [1.54, 1.807) is 0 Å². The summed E-state index contributed by atoms with van der Waals surface area (Å²) < 4.78 is 16.8. The molecule has 0 aromatic rings. The van der Waals surface area contributed by atoms with E-state index in [2.05, 4.69) is 26.8 Å². The van der Waals surface area contributed by atoms with Crippen molar-refractivity contribution in [1.29, 1.82) is 0 Å². The Kier molecular flexibility index (Phi) is 52.3. The zero-order chi connectivity index (χ0) is 47.9. The van der Waals surface area contributed by atoms with Gasteiger partial charge in [0.2, 0.25) is 0 Å². The van der Waals surface area contributed by atoms with E-state index in [1.165, 1.54) is 186 Å². The van der Waals surface area contributed by atoms with E-state index in [4.69, 9.17) is 14.2 Å². The van der Waals surface area contributed by atoms with E-state index < -0.39 is 6.10 Å². The third-order valence-corrected chi connectivity index (χ3v) is 12.4.